The van der Waals surface area contributed by atoms with Crippen LogP contribution >= 0.6 is 0 Å². The van der Waals surface area contributed by atoms with Crippen LogP contribution in [-0.2, 0) is 0 Å². The fourth-order valence-electron chi connectivity index (χ4n) is 1.54. The number of benzene rings is 1. The maximum atomic E-state index is 5.84. The minimum absolute atomic E-state index is 0.563. The average Bonchev–Trinajstić information content (AvgIpc) is 2.20. The SMILES string of the molecule is Cc1ccc(C(C)C)cc1OCCC(C)C. The maximum absolute atomic E-state index is 5.84. The average molecular weight is 220 g/mol. The lowest BCUT2D eigenvalue weighted by molar-refractivity contribution is 0.287. The molecule has 0 bridgehead atoms. The Morgan fingerprint density at radius 2 is 1.81 bits per heavy atom. The molecule has 1 aromatic rings. The third-order valence-corrected chi connectivity index (χ3v) is 2.83. The minimum atomic E-state index is 0.563. The Kier molecular flexibility index (Phi) is 4.85. The van der Waals surface area contributed by atoms with Crippen molar-refractivity contribution < 1.29 is 4.74 Å². The molecular formula is C15H24O. The Bertz CT molecular complexity index is 326. The molecule has 1 aromatic carbocycles. The summed E-state index contributed by atoms with van der Waals surface area (Å²) in [5.74, 6) is 2.31. The number of ether oxygens (including phenoxy) is 1. The zero-order valence-corrected chi connectivity index (χ0v) is 11.2. The first kappa shape index (κ1) is 13.1. The second kappa shape index (κ2) is 5.93. The zero-order chi connectivity index (χ0) is 12.1. The van der Waals surface area contributed by atoms with Crippen molar-refractivity contribution in [3.63, 3.8) is 0 Å². The molecule has 0 aliphatic rings. The van der Waals surface area contributed by atoms with Crippen molar-refractivity contribution in [1.29, 1.82) is 0 Å². The zero-order valence-electron chi connectivity index (χ0n) is 11.2. The highest BCUT2D eigenvalue weighted by Crippen LogP contribution is 2.24. The molecule has 0 spiro atoms. The lowest BCUT2D eigenvalue weighted by Crippen LogP contribution is -2.03. The first-order chi connectivity index (χ1) is 7.50. The summed E-state index contributed by atoms with van der Waals surface area (Å²) in [6.45, 7) is 11.8. The molecule has 0 aromatic heterocycles. The van der Waals surface area contributed by atoms with Crippen molar-refractivity contribution in [3.8, 4) is 5.75 Å². The van der Waals surface area contributed by atoms with Gasteiger partial charge in [-0.1, -0.05) is 39.8 Å². The van der Waals surface area contributed by atoms with E-state index in [0.29, 0.717) is 11.8 Å². The molecule has 0 atom stereocenters. The lowest BCUT2D eigenvalue weighted by Gasteiger charge is -2.13. The lowest BCUT2D eigenvalue weighted by atomic mass is 10.0. The van der Waals surface area contributed by atoms with Crippen LogP contribution in [0.4, 0.5) is 0 Å². The van der Waals surface area contributed by atoms with E-state index >= 15 is 0 Å². The van der Waals surface area contributed by atoms with Crippen molar-refractivity contribution in [2.24, 2.45) is 5.92 Å². The summed E-state index contributed by atoms with van der Waals surface area (Å²) < 4.78 is 5.84. The van der Waals surface area contributed by atoms with Gasteiger partial charge >= 0.3 is 0 Å². The summed E-state index contributed by atoms with van der Waals surface area (Å²) >= 11 is 0. The topological polar surface area (TPSA) is 9.23 Å². The molecule has 0 saturated heterocycles. The van der Waals surface area contributed by atoms with Crippen molar-refractivity contribution >= 4 is 0 Å². The molecule has 0 fully saturated rings. The predicted molar refractivity (Wildman–Crippen MR) is 70.2 cm³/mol. The van der Waals surface area contributed by atoms with Crippen LogP contribution in [0.3, 0.4) is 0 Å². The highest BCUT2D eigenvalue weighted by atomic mass is 16.5. The Labute approximate surface area is 99.8 Å². The molecule has 1 heteroatoms. The molecule has 0 saturated carbocycles. The molecule has 0 amide bonds. The molecule has 0 unspecified atom stereocenters. The molecule has 0 N–H and O–H groups in total. The highest BCUT2D eigenvalue weighted by Gasteiger charge is 2.05. The van der Waals surface area contributed by atoms with Gasteiger partial charge in [-0.2, -0.15) is 0 Å². The first-order valence-electron chi connectivity index (χ1n) is 6.24. The monoisotopic (exact) mass is 220 g/mol. The van der Waals surface area contributed by atoms with Crippen LogP contribution in [0.15, 0.2) is 18.2 Å². The second-order valence-electron chi connectivity index (χ2n) is 5.21. The Morgan fingerprint density at radius 1 is 1.12 bits per heavy atom. The molecular weight excluding hydrogens is 196 g/mol. The summed E-state index contributed by atoms with van der Waals surface area (Å²) in [5, 5.41) is 0. The fourth-order valence-corrected chi connectivity index (χ4v) is 1.54. The van der Waals surface area contributed by atoms with Gasteiger partial charge < -0.3 is 4.74 Å². The molecule has 0 heterocycles. The number of hydrogen-bond acceptors (Lipinski definition) is 1. The third-order valence-electron chi connectivity index (χ3n) is 2.83. The molecule has 16 heavy (non-hydrogen) atoms. The van der Waals surface area contributed by atoms with Gasteiger partial charge in [0.25, 0.3) is 0 Å². The van der Waals surface area contributed by atoms with E-state index in [0.717, 1.165) is 18.8 Å². The molecule has 0 radical (unpaired) electrons. The van der Waals surface area contributed by atoms with Crippen LogP contribution in [0.2, 0.25) is 0 Å². The van der Waals surface area contributed by atoms with E-state index in [2.05, 4.69) is 52.8 Å². The summed E-state index contributed by atoms with van der Waals surface area (Å²) in [6, 6.07) is 6.52. The largest absolute Gasteiger partial charge is 0.493 e. The molecule has 1 nitrogen and oxygen atoms in total. The minimum Gasteiger partial charge on any atom is -0.493 e. The van der Waals surface area contributed by atoms with Gasteiger partial charge in [0.1, 0.15) is 5.75 Å². The summed E-state index contributed by atoms with van der Waals surface area (Å²) in [6.07, 6.45) is 1.12. The van der Waals surface area contributed by atoms with Crippen LogP contribution in [0.5, 0.6) is 5.75 Å². The number of rotatable bonds is 5. The van der Waals surface area contributed by atoms with E-state index < -0.39 is 0 Å². The van der Waals surface area contributed by atoms with E-state index in [1.807, 2.05) is 0 Å². The number of aryl methyl sites for hydroxylation is 1. The van der Waals surface area contributed by atoms with E-state index in [1.165, 1.54) is 11.1 Å². The molecule has 0 aliphatic heterocycles. The second-order valence-corrected chi connectivity index (χ2v) is 5.21. The Balaban J connectivity index is 2.67. The predicted octanol–water partition coefficient (Wildman–Crippen LogP) is 4.54. The Morgan fingerprint density at radius 3 is 2.38 bits per heavy atom. The van der Waals surface area contributed by atoms with Gasteiger partial charge in [0.05, 0.1) is 6.61 Å². The van der Waals surface area contributed by atoms with Gasteiger partial charge in [0.15, 0.2) is 0 Å². The van der Waals surface area contributed by atoms with Gasteiger partial charge in [-0.3, -0.25) is 0 Å². The summed E-state index contributed by atoms with van der Waals surface area (Å²) in [5.41, 5.74) is 2.58. The highest BCUT2D eigenvalue weighted by molar-refractivity contribution is 5.37. The van der Waals surface area contributed by atoms with Gasteiger partial charge in [0.2, 0.25) is 0 Å². The van der Waals surface area contributed by atoms with E-state index in [-0.39, 0.29) is 0 Å². The van der Waals surface area contributed by atoms with Crippen molar-refractivity contribution in [1.82, 2.24) is 0 Å². The van der Waals surface area contributed by atoms with Crippen LogP contribution in [0.25, 0.3) is 0 Å². The van der Waals surface area contributed by atoms with Gasteiger partial charge in [-0.05, 0) is 42.4 Å². The third kappa shape index (κ3) is 3.88. The van der Waals surface area contributed by atoms with Crippen LogP contribution in [-0.4, -0.2) is 6.61 Å². The molecule has 1 rings (SSSR count). The van der Waals surface area contributed by atoms with Gasteiger partial charge in [-0.25, -0.2) is 0 Å². The Hall–Kier alpha value is -0.980. The summed E-state index contributed by atoms with van der Waals surface area (Å²) in [4.78, 5) is 0. The van der Waals surface area contributed by atoms with Crippen LogP contribution in [0.1, 0.15) is 51.2 Å². The molecule has 0 aliphatic carbocycles. The van der Waals surface area contributed by atoms with Crippen LogP contribution in [0, 0.1) is 12.8 Å². The number of hydrogen-bond donors (Lipinski definition) is 0. The van der Waals surface area contributed by atoms with Gasteiger partial charge in [-0.15, -0.1) is 0 Å². The van der Waals surface area contributed by atoms with Crippen LogP contribution < -0.4 is 4.74 Å². The summed E-state index contributed by atoms with van der Waals surface area (Å²) in [7, 11) is 0. The fraction of sp³-hybridized carbons (Fsp3) is 0.600. The maximum Gasteiger partial charge on any atom is 0.122 e. The van der Waals surface area contributed by atoms with Gasteiger partial charge in [0, 0.05) is 0 Å². The van der Waals surface area contributed by atoms with E-state index in [1.54, 1.807) is 0 Å². The smallest absolute Gasteiger partial charge is 0.122 e. The first-order valence-corrected chi connectivity index (χ1v) is 6.24. The molecule has 90 valence electrons. The van der Waals surface area contributed by atoms with E-state index in [9.17, 15) is 0 Å². The van der Waals surface area contributed by atoms with Crippen molar-refractivity contribution in [2.45, 2.75) is 47.0 Å². The quantitative estimate of drug-likeness (QED) is 0.707. The standard InChI is InChI=1S/C15H24O/c1-11(2)8-9-16-15-10-14(12(3)4)7-6-13(15)5/h6-7,10-12H,8-9H2,1-5H3. The van der Waals surface area contributed by atoms with Crippen molar-refractivity contribution in [2.75, 3.05) is 6.61 Å². The normalized spacial score (nSPS) is 11.2. The van der Waals surface area contributed by atoms with Crippen molar-refractivity contribution in [3.05, 3.63) is 29.3 Å². The van der Waals surface area contributed by atoms with E-state index in [4.69, 9.17) is 4.74 Å².